The molecule has 3 saturated carbocycles. The maximum Gasteiger partial charge on any atom is 0.338 e. The van der Waals surface area contributed by atoms with E-state index in [1.165, 1.54) is 12.1 Å². The second kappa shape index (κ2) is 5.30. The summed E-state index contributed by atoms with van der Waals surface area (Å²) in [6, 6.07) is 4.55. The van der Waals surface area contributed by atoms with Crippen LogP contribution in [0.4, 0.5) is 4.39 Å². The molecule has 4 nitrogen and oxygen atoms in total. The van der Waals surface area contributed by atoms with Gasteiger partial charge in [-0.25, -0.2) is 9.18 Å². The molecule has 0 radical (unpaired) electrons. The predicted molar refractivity (Wildman–Crippen MR) is 86.3 cm³/mol. The SMILES string of the molecule is C[C@@H]1CC(c2ccc(C(=O)O)c(F)c2)CCN1C(=O)C12CC(C1)C2. The van der Waals surface area contributed by atoms with Crippen molar-refractivity contribution >= 4 is 11.9 Å². The first-order chi connectivity index (χ1) is 11.4. The predicted octanol–water partition coefficient (Wildman–Crippen LogP) is 3.42. The number of hydrogen-bond donors (Lipinski definition) is 1. The Morgan fingerprint density at radius 3 is 2.50 bits per heavy atom. The number of nitrogens with zero attached hydrogens (tertiary/aromatic N) is 1. The van der Waals surface area contributed by atoms with Crippen LogP contribution in [0.15, 0.2) is 18.2 Å². The molecule has 5 heteroatoms. The number of aromatic carboxylic acids is 1. The number of rotatable bonds is 3. The molecule has 1 saturated heterocycles. The van der Waals surface area contributed by atoms with E-state index >= 15 is 0 Å². The van der Waals surface area contributed by atoms with Crippen LogP contribution in [0.1, 0.15) is 60.9 Å². The summed E-state index contributed by atoms with van der Waals surface area (Å²) in [5.74, 6) is -0.637. The van der Waals surface area contributed by atoms with Crippen LogP contribution in [0.3, 0.4) is 0 Å². The van der Waals surface area contributed by atoms with Crippen LogP contribution in [-0.4, -0.2) is 34.5 Å². The second-order valence-electron chi connectivity index (χ2n) is 7.87. The van der Waals surface area contributed by atoms with Crippen molar-refractivity contribution in [2.45, 2.75) is 51.0 Å². The van der Waals surface area contributed by atoms with Crippen molar-refractivity contribution in [1.82, 2.24) is 4.90 Å². The molecule has 3 aliphatic carbocycles. The molecule has 24 heavy (non-hydrogen) atoms. The highest BCUT2D eigenvalue weighted by Crippen LogP contribution is 2.65. The van der Waals surface area contributed by atoms with Gasteiger partial charge in [-0.2, -0.15) is 0 Å². The van der Waals surface area contributed by atoms with Gasteiger partial charge in [0, 0.05) is 12.6 Å². The average Bonchev–Trinajstić information content (AvgIpc) is 2.43. The summed E-state index contributed by atoms with van der Waals surface area (Å²) in [5.41, 5.74) is 0.506. The zero-order valence-corrected chi connectivity index (χ0v) is 13.8. The van der Waals surface area contributed by atoms with Crippen LogP contribution < -0.4 is 0 Å². The van der Waals surface area contributed by atoms with E-state index in [-0.39, 0.29) is 22.9 Å². The van der Waals surface area contributed by atoms with Crippen LogP contribution in [0.25, 0.3) is 0 Å². The van der Waals surface area contributed by atoms with Crippen LogP contribution in [-0.2, 0) is 4.79 Å². The average molecular weight is 331 g/mol. The fraction of sp³-hybridized carbons (Fsp3) is 0.579. The first-order valence-corrected chi connectivity index (χ1v) is 8.73. The van der Waals surface area contributed by atoms with Gasteiger partial charge in [0.25, 0.3) is 0 Å². The number of carbonyl (C=O) groups excluding carboxylic acids is 1. The van der Waals surface area contributed by atoms with Crippen LogP contribution in [0, 0.1) is 17.2 Å². The number of benzene rings is 1. The molecule has 128 valence electrons. The zero-order valence-electron chi connectivity index (χ0n) is 13.8. The number of carboxylic acid groups (broad SMARTS) is 1. The van der Waals surface area contributed by atoms with E-state index in [9.17, 15) is 14.0 Å². The van der Waals surface area contributed by atoms with E-state index in [1.807, 2.05) is 4.90 Å². The summed E-state index contributed by atoms with van der Waals surface area (Å²) in [4.78, 5) is 25.7. The van der Waals surface area contributed by atoms with E-state index in [0.717, 1.165) is 43.6 Å². The number of carbonyl (C=O) groups is 2. The summed E-state index contributed by atoms with van der Waals surface area (Å²) >= 11 is 0. The van der Waals surface area contributed by atoms with Gasteiger partial charge in [-0.1, -0.05) is 6.07 Å². The molecule has 2 atom stereocenters. The van der Waals surface area contributed by atoms with Crippen molar-refractivity contribution in [1.29, 1.82) is 0 Å². The van der Waals surface area contributed by atoms with E-state index < -0.39 is 11.8 Å². The van der Waals surface area contributed by atoms with Crippen molar-refractivity contribution in [3.63, 3.8) is 0 Å². The third-order valence-electron chi connectivity index (χ3n) is 6.32. The van der Waals surface area contributed by atoms with E-state index in [4.69, 9.17) is 5.11 Å². The van der Waals surface area contributed by atoms with Crippen molar-refractivity contribution < 1.29 is 19.1 Å². The molecule has 0 aromatic heterocycles. The lowest BCUT2D eigenvalue weighted by Gasteiger charge is -2.62. The number of hydrogen-bond acceptors (Lipinski definition) is 2. The van der Waals surface area contributed by atoms with Gasteiger partial charge in [0.15, 0.2) is 0 Å². The van der Waals surface area contributed by atoms with Crippen molar-refractivity contribution in [3.05, 3.63) is 35.1 Å². The first kappa shape index (κ1) is 15.6. The maximum atomic E-state index is 13.9. The number of piperidine rings is 1. The fourth-order valence-electron chi connectivity index (χ4n) is 4.78. The minimum absolute atomic E-state index is 0.0407. The molecule has 1 aliphatic heterocycles. The summed E-state index contributed by atoms with van der Waals surface area (Å²) < 4.78 is 13.9. The Bertz CT molecular complexity index is 700. The molecule has 4 fully saturated rings. The quantitative estimate of drug-likeness (QED) is 0.923. The molecule has 0 spiro atoms. The van der Waals surface area contributed by atoms with E-state index in [0.29, 0.717) is 12.5 Å². The molecule has 1 N–H and O–H groups in total. The summed E-state index contributed by atoms with van der Waals surface area (Å²) in [5, 5.41) is 8.93. The number of carboxylic acids is 1. The summed E-state index contributed by atoms with van der Waals surface area (Å²) in [6.07, 6.45) is 4.82. The van der Waals surface area contributed by atoms with Crippen molar-refractivity contribution in [2.75, 3.05) is 6.54 Å². The topological polar surface area (TPSA) is 57.6 Å². The lowest BCUT2D eigenvalue weighted by atomic mass is 9.44. The Kier molecular flexibility index (Phi) is 3.44. The highest BCUT2D eigenvalue weighted by atomic mass is 19.1. The lowest BCUT2D eigenvalue weighted by molar-refractivity contribution is -0.180. The standard InChI is InChI=1S/C19H22FNO3/c1-11-6-14(13-2-3-15(17(22)23)16(20)7-13)4-5-21(11)18(24)19-8-12(9-19)10-19/h2-3,7,11-12,14H,4-6,8-10H2,1H3,(H,22,23)/t11-,12?,14?,19?/m1/s1. The van der Waals surface area contributed by atoms with Crippen molar-refractivity contribution in [3.8, 4) is 0 Å². The van der Waals surface area contributed by atoms with Gasteiger partial charge in [0.1, 0.15) is 5.82 Å². The summed E-state index contributed by atoms with van der Waals surface area (Å²) in [7, 11) is 0. The number of halogens is 1. The molecule has 4 aliphatic rings. The second-order valence-corrected chi connectivity index (χ2v) is 7.87. The smallest absolute Gasteiger partial charge is 0.338 e. The molecule has 5 rings (SSSR count). The van der Waals surface area contributed by atoms with Gasteiger partial charge < -0.3 is 10.0 Å². The fourth-order valence-corrected chi connectivity index (χ4v) is 4.78. The molecule has 1 amide bonds. The lowest BCUT2D eigenvalue weighted by Crippen LogP contribution is -2.63. The third kappa shape index (κ3) is 2.25. The Morgan fingerprint density at radius 2 is 2.00 bits per heavy atom. The number of likely N-dealkylation sites (tertiary alicyclic amines) is 1. The van der Waals surface area contributed by atoms with E-state index in [1.54, 1.807) is 6.07 Å². The molecule has 1 aromatic carbocycles. The molecule has 1 aromatic rings. The molecular formula is C19H22FNO3. The minimum Gasteiger partial charge on any atom is -0.478 e. The van der Waals surface area contributed by atoms with Crippen LogP contribution in [0.2, 0.25) is 0 Å². The van der Waals surface area contributed by atoms with Gasteiger partial charge >= 0.3 is 5.97 Å². The largest absolute Gasteiger partial charge is 0.478 e. The Morgan fingerprint density at radius 1 is 1.29 bits per heavy atom. The zero-order chi connectivity index (χ0) is 17.1. The highest BCUT2D eigenvalue weighted by Gasteiger charge is 2.62. The van der Waals surface area contributed by atoms with Gasteiger partial charge in [0.05, 0.1) is 11.0 Å². The third-order valence-corrected chi connectivity index (χ3v) is 6.32. The highest BCUT2D eigenvalue weighted by molar-refractivity contribution is 5.88. The molecule has 2 bridgehead atoms. The molecule has 1 heterocycles. The van der Waals surface area contributed by atoms with Crippen molar-refractivity contribution in [2.24, 2.45) is 11.3 Å². The van der Waals surface area contributed by atoms with Gasteiger partial charge in [-0.3, -0.25) is 4.79 Å². The Labute approximate surface area is 140 Å². The monoisotopic (exact) mass is 331 g/mol. The van der Waals surface area contributed by atoms with Gasteiger partial charge in [0.2, 0.25) is 5.91 Å². The van der Waals surface area contributed by atoms with E-state index in [2.05, 4.69) is 6.92 Å². The molecule has 1 unspecified atom stereocenters. The first-order valence-electron chi connectivity index (χ1n) is 8.73. The molecular weight excluding hydrogens is 309 g/mol. The normalized spacial score (nSPS) is 34.2. The minimum atomic E-state index is -1.24. The van der Waals surface area contributed by atoms with Crippen LogP contribution in [0.5, 0.6) is 0 Å². The Balaban J connectivity index is 1.45. The van der Waals surface area contributed by atoms with Crippen LogP contribution >= 0.6 is 0 Å². The van der Waals surface area contributed by atoms with Gasteiger partial charge in [-0.15, -0.1) is 0 Å². The number of amides is 1. The maximum absolute atomic E-state index is 13.9. The summed E-state index contributed by atoms with van der Waals surface area (Å²) in [6.45, 7) is 2.77. The Hall–Kier alpha value is -1.91. The van der Waals surface area contributed by atoms with Gasteiger partial charge in [-0.05, 0) is 68.6 Å².